The van der Waals surface area contributed by atoms with E-state index in [0.717, 1.165) is 24.1 Å². The highest BCUT2D eigenvalue weighted by Gasteiger charge is 2.20. The number of rotatable bonds is 15. The first kappa shape index (κ1) is 27.7. The minimum atomic E-state index is -1.08. The Balaban J connectivity index is 2.13. The number of unbranched alkanes of at least 4 members (excludes halogenated alkanes) is 1. The van der Waals surface area contributed by atoms with E-state index < -0.39 is 11.9 Å². The van der Waals surface area contributed by atoms with Gasteiger partial charge in [-0.05, 0) is 61.4 Å². The van der Waals surface area contributed by atoms with Crippen LogP contribution in [0.25, 0.3) is 0 Å². The van der Waals surface area contributed by atoms with Crippen LogP contribution in [0.15, 0.2) is 42.5 Å². The van der Waals surface area contributed by atoms with E-state index in [4.69, 9.17) is 9.84 Å². The molecule has 0 heterocycles. The van der Waals surface area contributed by atoms with Gasteiger partial charge in [0.1, 0.15) is 11.3 Å². The third-order valence-corrected chi connectivity index (χ3v) is 5.45. The van der Waals surface area contributed by atoms with E-state index in [-0.39, 0.29) is 36.1 Å². The van der Waals surface area contributed by atoms with Crippen molar-refractivity contribution in [3.05, 3.63) is 59.2 Å². The monoisotopic (exact) mass is 484 g/mol. The van der Waals surface area contributed by atoms with Crippen molar-refractivity contribution in [2.24, 2.45) is 5.92 Å². The molecule has 0 bridgehead atoms. The fourth-order valence-corrected chi connectivity index (χ4v) is 3.88. The molecule has 2 rings (SSSR count). The van der Waals surface area contributed by atoms with E-state index in [9.17, 15) is 19.5 Å². The van der Waals surface area contributed by atoms with Crippen molar-refractivity contribution < 1.29 is 29.3 Å². The highest BCUT2D eigenvalue weighted by atomic mass is 16.5. The van der Waals surface area contributed by atoms with Gasteiger partial charge in [0.2, 0.25) is 5.91 Å². The summed E-state index contributed by atoms with van der Waals surface area (Å²) in [5.41, 5.74) is 2.63. The second-order valence-electron chi connectivity index (χ2n) is 8.86. The standard InChI is InChI=1S/C27H36N2O6/c1-4-35-24-16-19(12-13-21(24)27(33)34)17-25(30)29-23(15-18(2)3)20-9-5-6-10-22(20)28-14-8-7-11-26(31)32/h5-6,9-10,12-13,16,18,23,28H,4,7-8,11,14-15,17H2,1-3H3,(H,29,30)(H,31,32)(H,33,34). The molecular weight excluding hydrogens is 448 g/mol. The van der Waals surface area contributed by atoms with Crippen molar-refractivity contribution >= 4 is 23.5 Å². The second kappa shape index (κ2) is 14.0. The number of ether oxygens (including phenoxy) is 1. The molecule has 1 amide bonds. The van der Waals surface area contributed by atoms with E-state index in [2.05, 4.69) is 24.5 Å². The third kappa shape index (κ3) is 9.31. The highest BCUT2D eigenvalue weighted by molar-refractivity contribution is 5.91. The van der Waals surface area contributed by atoms with Crippen molar-refractivity contribution in [2.45, 2.75) is 58.9 Å². The van der Waals surface area contributed by atoms with Crippen molar-refractivity contribution in [2.75, 3.05) is 18.5 Å². The number of aromatic carboxylic acids is 1. The van der Waals surface area contributed by atoms with Crippen molar-refractivity contribution in [3.8, 4) is 5.75 Å². The van der Waals surface area contributed by atoms with E-state index in [0.29, 0.717) is 31.1 Å². The Kier molecular flexibility index (Phi) is 11.1. The number of nitrogens with one attached hydrogen (secondary N) is 2. The molecular formula is C27H36N2O6. The average molecular weight is 485 g/mol. The number of para-hydroxylation sites is 1. The van der Waals surface area contributed by atoms with E-state index in [1.54, 1.807) is 19.1 Å². The summed E-state index contributed by atoms with van der Waals surface area (Å²) in [7, 11) is 0. The van der Waals surface area contributed by atoms with Crippen molar-refractivity contribution in [1.82, 2.24) is 5.32 Å². The van der Waals surface area contributed by atoms with E-state index in [1.807, 2.05) is 24.3 Å². The van der Waals surface area contributed by atoms with Crippen LogP contribution in [0.3, 0.4) is 0 Å². The zero-order valence-electron chi connectivity index (χ0n) is 20.7. The smallest absolute Gasteiger partial charge is 0.339 e. The van der Waals surface area contributed by atoms with Crippen LogP contribution in [0, 0.1) is 5.92 Å². The lowest BCUT2D eigenvalue weighted by Crippen LogP contribution is -2.31. The van der Waals surface area contributed by atoms with Crippen molar-refractivity contribution in [3.63, 3.8) is 0 Å². The van der Waals surface area contributed by atoms with Gasteiger partial charge < -0.3 is 25.6 Å². The molecule has 0 aliphatic heterocycles. The Bertz CT molecular complexity index is 1000. The number of hydrogen-bond acceptors (Lipinski definition) is 5. The van der Waals surface area contributed by atoms with Crippen LogP contribution < -0.4 is 15.4 Å². The first-order chi connectivity index (χ1) is 16.7. The first-order valence-electron chi connectivity index (χ1n) is 12.0. The lowest BCUT2D eigenvalue weighted by atomic mass is 9.95. The minimum absolute atomic E-state index is 0.0667. The second-order valence-corrected chi connectivity index (χ2v) is 8.86. The molecule has 0 saturated carbocycles. The highest BCUT2D eigenvalue weighted by Crippen LogP contribution is 2.28. The zero-order chi connectivity index (χ0) is 25.8. The van der Waals surface area contributed by atoms with E-state index in [1.165, 1.54) is 6.07 Å². The summed E-state index contributed by atoms with van der Waals surface area (Å²) in [6.45, 7) is 6.94. The third-order valence-electron chi connectivity index (χ3n) is 5.45. The number of benzene rings is 2. The molecule has 4 N–H and O–H groups in total. The van der Waals surface area contributed by atoms with Gasteiger partial charge >= 0.3 is 11.9 Å². The van der Waals surface area contributed by atoms with E-state index >= 15 is 0 Å². The van der Waals surface area contributed by atoms with Crippen molar-refractivity contribution in [1.29, 1.82) is 0 Å². The minimum Gasteiger partial charge on any atom is -0.493 e. The summed E-state index contributed by atoms with van der Waals surface area (Å²) in [5, 5.41) is 24.7. The molecule has 0 spiro atoms. The maximum absolute atomic E-state index is 13.0. The quantitative estimate of drug-likeness (QED) is 0.265. The number of anilines is 1. The summed E-state index contributed by atoms with van der Waals surface area (Å²) >= 11 is 0. The number of carbonyl (C=O) groups is 3. The predicted molar refractivity (Wildman–Crippen MR) is 135 cm³/mol. The zero-order valence-corrected chi connectivity index (χ0v) is 20.7. The largest absolute Gasteiger partial charge is 0.493 e. The molecule has 8 nitrogen and oxygen atoms in total. The molecule has 2 aromatic rings. The summed E-state index contributed by atoms with van der Waals surface area (Å²) < 4.78 is 5.45. The van der Waals surface area contributed by atoms with Gasteiger partial charge in [-0.2, -0.15) is 0 Å². The van der Waals surface area contributed by atoms with Crippen LogP contribution in [-0.4, -0.2) is 41.2 Å². The molecule has 0 fully saturated rings. The molecule has 1 unspecified atom stereocenters. The van der Waals surface area contributed by atoms with Gasteiger partial charge in [-0.3, -0.25) is 9.59 Å². The fourth-order valence-electron chi connectivity index (χ4n) is 3.88. The number of carbonyl (C=O) groups excluding carboxylic acids is 1. The lowest BCUT2D eigenvalue weighted by molar-refractivity contribution is -0.137. The summed E-state index contributed by atoms with van der Waals surface area (Å²) in [5.74, 6) is -1.45. The fraction of sp³-hybridized carbons (Fsp3) is 0.444. The molecule has 190 valence electrons. The average Bonchev–Trinajstić information content (AvgIpc) is 2.78. The van der Waals surface area contributed by atoms with Crippen LogP contribution in [0.4, 0.5) is 5.69 Å². The van der Waals surface area contributed by atoms with Gasteiger partial charge in [0.15, 0.2) is 0 Å². The summed E-state index contributed by atoms with van der Waals surface area (Å²) in [4.78, 5) is 35.1. The van der Waals surface area contributed by atoms with Gasteiger partial charge in [-0.15, -0.1) is 0 Å². The molecule has 0 aliphatic carbocycles. The SMILES string of the molecule is CCOc1cc(CC(=O)NC(CC(C)C)c2ccccc2NCCCCC(=O)O)ccc1C(=O)O. The first-order valence-corrected chi connectivity index (χ1v) is 12.0. The topological polar surface area (TPSA) is 125 Å². The Morgan fingerprint density at radius 3 is 2.43 bits per heavy atom. The van der Waals surface area contributed by atoms with Gasteiger partial charge in [-0.1, -0.05) is 38.1 Å². The lowest BCUT2D eigenvalue weighted by Gasteiger charge is -2.24. The molecule has 1 atom stereocenters. The maximum Gasteiger partial charge on any atom is 0.339 e. The molecule has 35 heavy (non-hydrogen) atoms. The van der Waals surface area contributed by atoms with Crippen LogP contribution in [-0.2, 0) is 16.0 Å². The van der Waals surface area contributed by atoms with Gasteiger partial charge in [0.05, 0.1) is 19.1 Å². The molecule has 2 aromatic carbocycles. The number of hydrogen-bond donors (Lipinski definition) is 4. The maximum atomic E-state index is 13.0. The van der Waals surface area contributed by atoms with Crippen LogP contribution >= 0.6 is 0 Å². The predicted octanol–water partition coefficient (Wildman–Crippen LogP) is 4.90. The number of aliphatic carboxylic acids is 1. The Morgan fingerprint density at radius 2 is 1.77 bits per heavy atom. The Morgan fingerprint density at radius 1 is 1.03 bits per heavy atom. The summed E-state index contributed by atoms with van der Waals surface area (Å²) in [6.07, 6.45) is 2.32. The van der Waals surface area contributed by atoms with Gasteiger partial charge in [-0.25, -0.2) is 4.79 Å². The molecule has 8 heteroatoms. The number of carboxylic acid groups (broad SMARTS) is 2. The Labute approximate surface area is 206 Å². The number of carboxylic acids is 2. The molecule has 0 saturated heterocycles. The van der Waals surface area contributed by atoms with Gasteiger partial charge in [0.25, 0.3) is 0 Å². The van der Waals surface area contributed by atoms with Crippen LogP contribution in [0.1, 0.15) is 74.0 Å². The number of amides is 1. The molecule has 0 aromatic heterocycles. The summed E-state index contributed by atoms with van der Waals surface area (Å²) in [6, 6.07) is 12.3. The van der Waals surface area contributed by atoms with Crippen LogP contribution in [0.5, 0.6) is 5.75 Å². The molecule has 0 aliphatic rings. The normalized spacial score (nSPS) is 11.7. The van der Waals surface area contributed by atoms with Crippen LogP contribution in [0.2, 0.25) is 0 Å². The molecule has 0 radical (unpaired) electrons. The van der Waals surface area contributed by atoms with Gasteiger partial charge in [0, 0.05) is 18.7 Å². The Hall–Kier alpha value is -3.55.